The molecule has 0 saturated carbocycles. The van der Waals surface area contributed by atoms with E-state index in [0.717, 1.165) is 19.3 Å². The summed E-state index contributed by atoms with van der Waals surface area (Å²) < 4.78 is 24.5. The third-order valence-electron chi connectivity index (χ3n) is 2.63. The molecule has 6 heteroatoms. The third kappa shape index (κ3) is 4.09. The molecule has 1 aliphatic rings. The van der Waals surface area contributed by atoms with Gasteiger partial charge in [-0.3, -0.25) is 4.79 Å². The Hall–Kier alpha value is -0.620. The van der Waals surface area contributed by atoms with Crippen molar-refractivity contribution >= 4 is 15.9 Å². The number of carbonyl (C=O) groups is 1. The summed E-state index contributed by atoms with van der Waals surface area (Å²) in [5.74, 6) is -0.0196. The van der Waals surface area contributed by atoms with E-state index in [1.165, 1.54) is 4.31 Å². The van der Waals surface area contributed by atoms with Crippen LogP contribution in [0, 0.1) is 0 Å². The summed E-state index contributed by atoms with van der Waals surface area (Å²) >= 11 is 0. The predicted octanol–water partition coefficient (Wildman–Crippen LogP) is 0.328. The quantitative estimate of drug-likeness (QED) is 0.713. The minimum absolute atomic E-state index is 0.0218. The molecular formula is C10H20N2O3S. The molecule has 5 nitrogen and oxygen atoms in total. The highest BCUT2D eigenvalue weighted by Gasteiger charge is 2.27. The van der Waals surface area contributed by atoms with Crippen LogP contribution in [0.2, 0.25) is 0 Å². The van der Waals surface area contributed by atoms with Crippen LogP contribution in [0.5, 0.6) is 0 Å². The molecule has 0 bridgehead atoms. The molecule has 0 atom stereocenters. The highest BCUT2D eigenvalue weighted by Crippen LogP contribution is 2.12. The largest absolute Gasteiger partial charge is 0.355 e. The first-order valence-corrected chi connectivity index (χ1v) is 7.41. The van der Waals surface area contributed by atoms with Crippen molar-refractivity contribution in [1.82, 2.24) is 9.62 Å². The zero-order valence-corrected chi connectivity index (χ0v) is 10.6. The first-order chi connectivity index (χ1) is 7.56. The van der Waals surface area contributed by atoms with Gasteiger partial charge in [0.15, 0.2) is 0 Å². The van der Waals surface area contributed by atoms with Crippen molar-refractivity contribution in [1.29, 1.82) is 0 Å². The lowest BCUT2D eigenvalue weighted by Crippen LogP contribution is -2.44. The average molecular weight is 248 g/mol. The first-order valence-electron chi connectivity index (χ1n) is 5.81. The minimum atomic E-state index is -3.18. The van der Waals surface area contributed by atoms with Crippen molar-refractivity contribution in [3.8, 4) is 0 Å². The smallest absolute Gasteiger partial charge is 0.235 e. The second kappa shape index (κ2) is 6.20. The van der Waals surface area contributed by atoms with Gasteiger partial charge in [-0.1, -0.05) is 13.3 Å². The molecule has 1 aliphatic heterocycles. The Bertz CT molecular complexity index is 327. The van der Waals surface area contributed by atoms with E-state index in [1.807, 2.05) is 6.92 Å². The van der Waals surface area contributed by atoms with Crippen molar-refractivity contribution in [2.24, 2.45) is 0 Å². The van der Waals surface area contributed by atoms with Gasteiger partial charge in [0.25, 0.3) is 0 Å². The van der Waals surface area contributed by atoms with Crippen LogP contribution in [0.3, 0.4) is 0 Å². The van der Waals surface area contributed by atoms with E-state index >= 15 is 0 Å². The predicted molar refractivity (Wildman–Crippen MR) is 62.5 cm³/mol. The number of unbranched alkanes of at least 4 members (excludes halogenated alkanes) is 1. The average Bonchev–Trinajstić information content (AvgIpc) is 2.21. The van der Waals surface area contributed by atoms with Gasteiger partial charge in [0, 0.05) is 13.1 Å². The summed E-state index contributed by atoms with van der Waals surface area (Å²) in [5, 5.41) is 2.72. The van der Waals surface area contributed by atoms with Crippen LogP contribution < -0.4 is 5.32 Å². The van der Waals surface area contributed by atoms with Crippen molar-refractivity contribution in [3.63, 3.8) is 0 Å². The number of hydrogen-bond acceptors (Lipinski definition) is 3. The van der Waals surface area contributed by atoms with E-state index in [2.05, 4.69) is 5.32 Å². The Kier molecular flexibility index (Phi) is 5.21. The summed E-state index contributed by atoms with van der Waals surface area (Å²) in [6, 6.07) is 0. The van der Waals surface area contributed by atoms with Gasteiger partial charge in [0.1, 0.15) is 0 Å². The van der Waals surface area contributed by atoms with Crippen molar-refractivity contribution < 1.29 is 13.2 Å². The van der Waals surface area contributed by atoms with E-state index < -0.39 is 10.0 Å². The Labute approximate surface area is 97.2 Å². The van der Waals surface area contributed by atoms with Gasteiger partial charge >= 0.3 is 0 Å². The first kappa shape index (κ1) is 13.4. The fraction of sp³-hybridized carbons (Fsp3) is 0.900. The highest BCUT2D eigenvalue weighted by atomic mass is 32.2. The Morgan fingerprint density at radius 1 is 1.38 bits per heavy atom. The zero-order valence-electron chi connectivity index (χ0n) is 9.74. The van der Waals surface area contributed by atoms with Gasteiger partial charge < -0.3 is 5.32 Å². The Balaban J connectivity index is 2.37. The van der Waals surface area contributed by atoms with Gasteiger partial charge in [-0.05, 0) is 19.3 Å². The van der Waals surface area contributed by atoms with Crippen LogP contribution in [0.4, 0.5) is 0 Å². The molecule has 1 amide bonds. The maximum atomic E-state index is 11.6. The molecule has 1 heterocycles. The lowest BCUT2D eigenvalue weighted by Gasteiger charge is -2.25. The van der Waals surface area contributed by atoms with Crippen LogP contribution >= 0.6 is 0 Å². The van der Waals surface area contributed by atoms with Gasteiger partial charge in [-0.15, -0.1) is 0 Å². The molecule has 0 aromatic rings. The summed E-state index contributed by atoms with van der Waals surface area (Å²) in [5.41, 5.74) is 0. The maximum Gasteiger partial charge on any atom is 0.235 e. The highest BCUT2D eigenvalue weighted by molar-refractivity contribution is 7.89. The molecule has 0 unspecified atom stereocenters. The number of amides is 1. The molecular weight excluding hydrogens is 228 g/mol. The number of hydrogen-bond donors (Lipinski definition) is 1. The van der Waals surface area contributed by atoms with E-state index in [0.29, 0.717) is 19.5 Å². The number of nitrogens with zero attached hydrogens (tertiary/aromatic N) is 1. The fourth-order valence-electron chi connectivity index (χ4n) is 1.64. The van der Waals surface area contributed by atoms with Gasteiger partial charge in [-0.25, -0.2) is 8.42 Å². The summed E-state index contributed by atoms with van der Waals surface area (Å²) in [6.45, 7) is 3.13. The SMILES string of the molecule is CCCCNC(=O)CN1CCCCS1(=O)=O. The van der Waals surface area contributed by atoms with Crippen molar-refractivity contribution in [3.05, 3.63) is 0 Å². The molecule has 1 N–H and O–H groups in total. The van der Waals surface area contributed by atoms with Crippen LogP contribution in [-0.4, -0.2) is 44.0 Å². The number of rotatable bonds is 5. The molecule has 0 aromatic heterocycles. The second-order valence-corrected chi connectivity index (χ2v) is 6.15. The molecule has 1 fully saturated rings. The third-order valence-corrected chi connectivity index (χ3v) is 4.53. The van der Waals surface area contributed by atoms with E-state index in [1.54, 1.807) is 0 Å². The van der Waals surface area contributed by atoms with E-state index in [-0.39, 0.29) is 18.2 Å². The van der Waals surface area contributed by atoms with E-state index in [9.17, 15) is 13.2 Å². The fourth-order valence-corrected chi connectivity index (χ4v) is 3.19. The maximum absolute atomic E-state index is 11.6. The lowest BCUT2D eigenvalue weighted by molar-refractivity contribution is -0.121. The normalized spacial score (nSPS) is 20.6. The number of carbonyl (C=O) groups excluding carboxylic acids is 1. The molecule has 1 rings (SSSR count). The van der Waals surface area contributed by atoms with Crippen LogP contribution in [0.15, 0.2) is 0 Å². The molecule has 1 saturated heterocycles. The van der Waals surface area contributed by atoms with Gasteiger partial charge in [-0.2, -0.15) is 4.31 Å². The Morgan fingerprint density at radius 3 is 2.75 bits per heavy atom. The van der Waals surface area contributed by atoms with Gasteiger partial charge in [0.2, 0.25) is 15.9 Å². The lowest BCUT2D eigenvalue weighted by atomic mass is 10.3. The Morgan fingerprint density at radius 2 is 2.12 bits per heavy atom. The second-order valence-electron chi connectivity index (χ2n) is 4.06. The minimum Gasteiger partial charge on any atom is -0.355 e. The summed E-state index contributed by atoms with van der Waals surface area (Å²) in [6.07, 6.45) is 3.50. The molecule has 16 heavy (non-hydrogen) atoms. The monoisotopic (exact) mass is 248 g/mol. The van der Waals surface area contributed by atoms with Crippen LogP contribution in [-0.2, 0) is 14.8 Å². The molecule has 0 spiro atoms. The van der Waals surface area contributed by atoms with Crippen LogP contribution in [0.1, 0.15) is 32.6 Å². The molecule has 0 aliphatic carbocycles. The zero-order chi connectivity index (χ0) is 12.0. The van der Waals surface area contributed by atoms with Gasteiger partial charge in [0.05, 0.1) is 12.3 Å². The molecule has 0 radical (unpaired) electrons. The summed E-state index contributed by atoms with van der Waals surface area (Å²) in [4.78, 5) is 11.5. The van der Waals surface area contributed by atoms with Crippen LogP contribution in [0.25, 0.3) is 0 Å². The molecule has 94 valence electrons. The molecule has 0 aromatic carbocycles. The number of nitrogens with one attached hydrogen (secondary N) is 1. The summed E-state index contributed by atoms with van der Waals surface area (Å²) in [7, 11) is -3.18. The standard InChI is InChI=1S/C10H20N2O3S/c1-2-3-6-11-10(13)9-12-7-4-5-8-16(12,14)15/h2-9H2,1H3,(H,11,13). The van der Waals surface area contributed by atoms with Crippen molar-refractivity contribution in [2.45, 2.75) is 32.6 Å². The van der Waals surface area contributed by atoms with Crippen molar-refractivity contribution in [2.75, 3.05) is 25.4 Å². The topological polar surface area (TPSA) is 66.5 Å². The number of sulfonamides is 1. The van der Waals surface area contributed by atoms with E-state index in [4.69, 9.17) is 0 Å².